The summed E-state index contributed by atoms with van der Waals surface area (Å²) >= 11 is 0. The Bertz CT molecular complexity index is 505. The van der Waals surface area contributed by atoms with Gasteiger partial charge in [0.1, 0.15) is 5.75 Å². The van der Waals surface area contributed by atoms with Crippen molar-refractivity contribution in [3.8, 4) is 5.75 Å². The fraction of sp³-hybridized carbons (Fsp3) is 0.467. The number of phenols is 1. The number of aliphatic carboxylic acids is 2. The molecule has 0 atom stereocenters. The molecule has 0 amide bonds. The van der Waals surface area contributed by atoms with Gasteiger partial charge in [-0.1, -0.05) is 31.5 Å². The third-order valence-electron chi connectivity index (χ3n) is 3.54. The molecule has 0 aliphatic carbocycles. The molecule has 1 rings (SSSR count). The summed E-state index contributed by atoms with van der Waals surface area (Å²) in [5.74, 6) is -3.94. The molecular weight excluding hydrogens is 260 g/mol. The summed E-state index contributed by atoms with van der Waals surface area (Å²) in [5, 5.41) is 27.7. The Morgan fingerprint density at radius 3 is 2.25 bits per heavy atom. The molecule has 110 valence electrons. The summed E-state index contributed by atoms with van der Waals surface area (Å²) in [7, 11) is 0. The van der Waals surface area contributed by atoms with E-state index in [1.165, 1.54) is 0 Å². The number of hydrogen-bond donors (Lipinski definition) is 3. The quantitative estimate of drug-likeness (QED) is 0.696. The van der Waals surface area contributed by atoms with Gasteiger partial charge in [-0.3, -0.25) is 9.59 Å². The minimum atomic E-state index is -1.42. The van der Waals surface area contributed by atoms with E-state index >= 15 is 0 Å². The van der Waals surface area contributed by atoms with E-state index in [1.54, 1.807) is 12.1 Å². The highest BCUT2D eigenvalue weighted by Gasteiger charge is 2.31. The number of aryl methyl sites for hydroxylation is 1. The number of carboxylic acid groups (broad SMARTS) is 2. The van der Waals surface area contributed by atoms with E-state index in [1.807, 2.05) is 26.8 Å². The highest BCUT2D eigenvalue weighted by Crippen LogP contribution is 2.36. The summed E-state index contributed by atoms with van der Waals surface area (Å²) < 4.78 is 0. The van der Waals surface area contributed by atoms with Gasteiger partial charge < -0.3 is 15.3 Å². The van der Waals surface area contributed by atoms with Crippen molar-refractivity contribution in [1.29, 1.82) is 0 Å². The fourth-order valence-electron chi connectivity index (χ4n) is 2.18. The molecule has 20 heavy (non-hydrogen) atoms. The van der Waals surface area contributed by atoms with Crippen LogP contribution in [0.3, 0.4) is 0 Å². The number of hydrogen-bond acceptors (Lipinski definition) is 3. The maximum absolute atomic E-state index is 10.9. The SMILES string of the molecule is Cc1ccc(O)c(C(C)(C)CCC(C(=O)O)C(=O)O)c1. The molecule has 0 bridgehead atoms. The number of carboxylic acids is 2. The molecule has 0 aliphatic rings. The minimum Gasteiger partial charge on any atom is -0.508 e. The first kappa shape index (κ1) is 16.0. The highest BCUT2D eigenvalue weighted by atomic mass is 16.4. The number of carbonyl (C=O) groups is 2. The van der Waals surface area contributed by atoms with Crippen molar-refractivity contribution < 1.29 is 24.9 Å². The van der Waals surface area contributed by atoms with E-state index in [2.05, 4.69) is 0 Å². The zero-order valence-corrected chi connectivity index (χ0v) is 11.9. The fourth-order valence-corrected chi connectivity index (χ4v) is 2.18. The first-order chi connectivity index (χ1) is 9.15. The van der Waals surface area contributed by atoms with Crippen molar-refractivity contribution in [3.63, 3.8) is 0 Å². The van der Waals surface area contributed by atoms with Crippen molar-refractivity contribution in [1.82, 2.24) is 0 Å². The average molecular weight is 280 g/mol. The second-order valence-electron chi connectivity index (χ2n) is 5.67. The molecule has 5 nitrogen and oxygen atoms in total. The molecule has 0 radical (unpaired) electrons. The van der Waals surface area contributed by atoms with Crippen LogP contribution >= 0.6 is 0 Å². The number of aromatic hydroxyl groups is 1. The second kappa shape index (κ2) is 5.94. The molecule has 5 heteroatoms. The molecule has 0 saturated heterocycles. The molecule has 3 N–H and O–H groups in total. The van der Waals surface area contributed by atoms with Crippen LogP contribution in [0.2, 0.25) is 0 Å². The Kier molecular flexibility index (Phi) is 4.76. The van der Waals surface area contributed by atoms with Gasteiger partial charge in [0.2, 0.25) is 0 Å². The lowest BCUT2D eigenvalue weighted by molar-refractivity contribution is -0.154. The minimum absolute atomic E-state index is 0.0189. The maximum Gasteiger partial charge on any atom is 0.317 e. The first-order valence-corrected chi connectivity index (χ1v) is 6.41. The van der Waals surface area contributed by atoms with E-state index in [9.17, 15) is 14.7 Å². The Labute approximate surface area is 117 Å². The van der Waals surface area contributed by atoms with Crippen LogP contribution in [0.15, 0.2) is 18.2 Å². The molecule has 0 fully saturated rings. The third kappa shape index (κ3) is 3.73. The molecule has 1 aromatic rings. The van der Waals surface area contributed by atoms with Crippen molar-refractivity contribution in [2.24, 2.45) is 5.92 Å². The predicted octanol–water partition coefficient (Wildman–Crippen LogP) is 2.54. The number of rotatable bonds is 6. The van der Waals surface area contributed by atoms with Crippen LogP contribution < -0.4 is 0 Å². The second-order valence-corrected chi connectivity index (χ2v) is 5.67. The molecule has 0 unspecified atom stereocenters. The van der Waals surface area contributed by atoms with Crippen LogP contribution in [-0.4, -0.2) is 27.3 Å². The molecular formula is C15H20O5. The smallest absolute Gasteiger partial charge is 0.317 e. The summed E-state index contributed by atoms with van der Waals surface area (Å²) in [6.07, 6.45) is 0.373. The summed E-state index contributed by atoms with van der Waals surface area (Å²) in [4.78, 5) is 21.8. The Morgan fingerprint density at radius 1 is 1.20 bits per heavy atom. The first-order valence-electron chi connectivity index (χ1n) is 6.41. The maximum atomic E-state index is 10.9. The molecule has 0 saturated carbocycles. The van der Waals surface area contributed by atoms with Gasteiger partial charge in [0.15, 0.2) is 5.92 Å². The van der Waals surface area contributed by atoms with Crippen LogP contribution in [0.4, 0.5) is 0 Å². The van der Waals surface area contributed by atoms with Gasteiger partial charge in [-0.2, -0.15) is 0 Å². The van der Waals surface area contributed by atoms with E-state index in [0.29, 0.717) is 12.0 Å². The monoisotopic (exact) mass is 280 g/mol. The highest BCUT2D eigenvalue weighted by molar-refractivity contribution is 5.92. The number of benzene rings is 1. The molecule has 0 heterocycles. The van der Waals surface area contributed by atoms with E-state index in [0.717, 1.165) is 5.56 Å². The van der Waals surface area contributed by atoms with Gasteiger partial charge >= 0.3 is 11.9 Å². The van der Waals surface area contributed by atoms with E-state index in [-0.39, 0.29) is 12.2 Å². The normalized spacial score (nSPS) is 11.6. The zero-order chi connectivity index (χ0) is 15.5. The largest absolute Gasteiger partial charge is 0.508 e. The van der Waals surface area contributed by atoms with Crippen LogP contribution in [0.25, 0.3) is 0 Å². The van der Waals surface area contributed by atoms with Gasteiger partial charge in [0.05, 0.1) is 0 Å². The van der Waals surface area contributed by atoms with Crippen molar-refractivity contribution in [2.45, 2.75) is 39.0 Å². The van der Waals surface area contributed by atoms with Crippen LogP contribution in [0, 0.1) is 12.8 Å². The van der Waals surface area contributed by atoms with Gasteiger partial charge in [0.25, 0.3) is 0 Å². The van der Waals surface area contributed by atoms with Crippen LogP contribution in [0.5, 0.6) is 5.75 Å². The predicted molar refractivity (Wildman–Crippen MR) is 73.9 cm³/mol. The molecule has 0 aromatic heterocycles. The average Bonchev–Trinajstić information content (AvgIpc) is 2.31. The van der Waals surface area contributed by atoms with Crippen molar-refractivity contribution >= 4 is 11.9 Å². The van der Waals surface area contributed by atoms with Gasteiger partial charge in [-0.05, 0) is 36.8 Å². The van der Waals surface area contributed by atoms with Crippen LogP contribution in [0.1, 0.15) is 37.8 Å². The third-order valence-corrected chi connectivity index (χ3v) is 3.54. The van der Waals surface area contributed by atoms with Gasteiger partial charge in [-0.25, -0.2) is 0 Å². The molecule has 0 spiro atoms. The Balaban J connectivity index is 2.92. The summed E-state index contributed by atoms with van der Waals surface area (Å²) in [5.41, 5.74) is 1.19. The van der Waals surface area contributed by atoms with Gasteiger partial charge in [-0.15, -0.1) is 0 Å². The van der Waals surface area contributed by atoms with Crippen LogP contribution in [-0.2, 0) is 15.0 Å². The standard InChI is InChI=1S/C15H20O5/c1-9-4-5-12(16)11(8-9)15(2,3)7-6-10(13(17)18)14(19)20/h4-5,8,10,16H,6-7H2,1-3H3,(H,17,18)(H,19,20). The van der Waals surface area contributed by atoms with Crippen molar-refractivity contribution in [2.75, 3.05) is 0 Å². The molecule has 1 aromatic carbocycles. The van der Waals surface area contributed by atoms with E-state index in [4.69, 9.17) is 10.2 Å². The Morgan fingerprint density at radius 2 is 1.75 bits per heavy atom. The lowest BCUT2D eigenvalue weighted by Crippen LogP contribution is -2.27. The van der Waals surface area contributed by atoms with Crippen molar-refractivity contribution in [3.05, 3.63) is 29.3 Å². The zero-order valence-electron chi connectivity index (χ0n) is 11.9. The topological polar surface area (TPSA) is 94.8 Å². The lowest BCUT2D eigenvalue weighted by Gasteiger charge is -2.27. The summed E-state index contributed by atoms with van der Waals surface area (Å²) in [6, 6.07) is 5.22. The van der Waals surface area contributed by atoms with E-state index < -0.39 is 23.3 Å². The lowest BCUT2D eigenvalue weighted by atomic mass is 9.77. The van der Waals surface area contributed by atoms with Gasteiger partial charge in [0, 0.05) is 0 Å². The Hall–Kier alpha value is -2.04. The number of phenolic OH excluding ortho intramolecular Hbond substituents is 1. The summed E-state index contributed by atoms with van der Waals surface area (Å²) in [6.45, 7) is 5.63. The molecule has 0 aliphatic heterocycles.